The lowest BCUT2D eigenvalue weighted by atomic mass is 10.1. The Morgan fingerprint density at radius 1 is 1.11 bits per heavy atom. The summed E-state index contributed by atoms with van der Waals surface area (Å²) in [5.41, 5.74) is 1.26. The van der Waals surface area contributed by atoms with Crippen LogP contribution in [0.3, 0.4) is 0 Å². The summed E-state index contributed by atoms with van der Waals surface area (Å²) < 4.78 is 39.5. The first-order chi connectivity index (χ1) is 16.8. The molecule has 0 aliphatic carbocycles. The predicted octanol–water partition coefficient (Wildman–Crippen LogP) is 3.93. The van der Waals surface area contributed by atoms with Crippen molar-refractivity contribution in [3.8, 4) is 11.5 Å². The average Bonchev–Trinajstić information content (AvgIpc) is 3.16. The summed E-state index contributed by atoms with van der Waals surface area (Å²) in [7, 11) is -0.649. The molecule has 1 aromatic heterocycles. The number of sulfonamides is 1. The van der Waals surface area contributed by atoms with Gasteiger partial charge in [0, 0.05) is 36.8 Å². The molecular weight excluding hydrogens is 486 g/mol. The molecule has 4 rings (SSSR count). The third-order valence-corrected chi connectivity index (χ3v) is 9.49. The van der Waals surface area contributed by atoms with Crippen LogP contribution in [0.2, 0.25) is 0 Å². The minimum absolute atomic E-state index is 0.0369. The van der Waals surface area contributed by atoms with E-state index >= 15 is 0 Å². The number of thioether (sulfide) groups is 1. The van der Waals surface area contributed by atoms with E-state index in [4.69, 9.17) is 9.47 Å². The van der Waals surface area contributed by atoms with Gasteiger partial charge in [-0.25, -0.2) is 8.42 Å². The molecule has 0 N–H and O–H groups in total. The van der Waals surface area contributed by atoms with Crippen molar-refractivity contribution in [3.05, 3.63) is 60.3 Å². The maximum atomic E-state index is 13.6. The van der Waals surface area contributed by atoms with E-state index in [9.17, 15) is 13.2 Å². The largest absolute Gasteiger partial charge is 0.497 e. The second-order valence-electron chi connectivity index (χ2n) is 8.10. The number of rotatable bonds is 9. The molecule has 2 unspecified atom stereocenters. The Kier molecular flexibility index (Phi) is 7.53. The number of carbonyl (C=O) groups excluding carboxylic acids is 1. The van der Waals surface area contributed by atoms with Crippen LogP contribution >= 0.6 is 11.8 Å². The fourth-order valence-electron chi connectivity index (χ4n) is 4.27. The van der Waals surface area contributed by atoms with Crippen molar-refractivity contribution in [2.75, 3.05) is 33.9 Å². The maximum Gasteiger partial charge on any atom is 0.245 e. The number of para-hydroxylation sites is 1. The Labute approximate surface area is 210 Å². The fourth-order valence-corrected chi connectivity index (χ4v) is 7.20. The molecule has 2 aromatic carbocycles. The Bertz CT molecular complexity index is 1330. The van der Waals surface area contributed by atoms with Crippen LogP contribution < -0.4 is 9.47 Å². The summed E-state index contributed by atoms with van der Waals surface area (Å²) in [4.78, 5) is 19.3. The third kappa shape index (κ3) is 4.82. The lowest BCUT2D eigenvalue weighted by Crippen LogP contribution is -2.40. The van der Waals surface area contributed by atoms with Crippen molar-refractivity contribution in [2.45, 2.75) is 29.4 Å². The molecule has 0 spiro atoms. The van der Waals surface area contributed by atoms with Crippen LogP contribution in [0.25, 0.3) is 10.9 Å². The van der Waals surface area contributed by atoms with Gasteiger partial charge < -0.3 is 14.4 Å². The van der Waals surface area contributed by atoms with Gasteiger partial charge in [-0.05, 0) is 37.3 Å². The summed E-state index contributed by atoms with van der Waals surface area (Å²) in [5.74, 6) is 1.27. The van der Waals surface area contributed by atoms with Crippen LogP contribution in [0.15, 0.2) is 59.6 Å². The molecule has 1 aliphatic rings. The monoisotopic (exact) mass is 515 g/mol. The highest BCUT2D eigenvalue weighted by Gasteiger charge is 2.40. The van der Waals surface area contributed by atoms with Crippen molar-refractivity contribution >= 4 is 38.6 Å². The quantitative estimate of drug-likeness (QED) is 0.427. The summed E-state index contributed by atoms with van der Waals surface area (Å²) in [5, 5.41) is 0.183. The van der Waals surface area contributed by atoms with Gasteiger partial charge in [0.15, 0.2) is 0 Å². The lowest BCUT2D eigenvalue weighted by molar-refractivity contribution is -0.129. The Morgan fingerprint density at radius 2 is 1.89 bits per heavy atom. The maximum absolute atomic E-state index is 13.6. The third-order valence-electron chi connectivity index (χ3n) is 6.11. The molecule has 1 fully saturated rings. The lowest BCUT2D eigenvalue weighted by Gasteiger charge is -2.28. The number of fused-ring (bicyclic) bond motifs is 1. The Balaban J connectivity index is 1.63. The molecule has 8 nitrogen and oxygen atoms in total. The van der Waals surface area contributed by atoms with E-state index in [1.54, 1.807) is 56.5 Å². The number of benzene rings is 2. The number of amides is 1. The summed E-state index contributed by atoms with van der Waals surface area (Å²) in [6, 6.07) is 14.2. The number of ether oxygens (including phenoxy) is 2. The highest BCUT2D eigenvalue weighted by atomic mass is 32.2. The van der Waals surface area contributed by atoms with Gasteiger partial charge in [-0.1, -0.05) is 25.1 Å². The minimum atomic E-state index is -3.82. The molecule has 0 radical (unpaired) electrons. The molecule has 1 amide bonds. The fraction of sp³-hybridized carbons (Fsp3) is 0.360. The van der Waals surface area contributed by atoms with Crippen molar-refractivity contribution in [2.24, 2.45) is 0 Å². The first kappa shape index (κ1) is 25.3. The molecule has 2 atom stereocenters. The molecule has 1 aliphatic heterocycles. The van der Waals surface area contributed by atoms with Crippen LogP contribution in [0.1, 0.15) is 24.8 Å². The zero-order chi connectivity index (χ0) is 25.2. The second-order valence-corrected chi connectivity index (χ2v) is 11.4. The van der Waals surface area contributed by atoms with Crippen molar-refractivity contribution < 1.29 is 22.7 Å². The summed E-state index contributed by atoms with van der Waals surface area (Å²) in [6.07, 6.45) is 1.59. The molecule has 0 bridgehead atoms. The van der Waals surface area contributed by atoms with Gasteiger partial charge in [-0.15, -0.1) is 11.8 Å². The number of likely N-dealkylation sites (N-methyl/N-ethyl adjacent to an activating group) is 1. The normalized spacial score (nSPS) is 18.4. The molecule has 3 aromatic rings. The van der Waals surface area contributed by atoms with E-state index in [0.717, 1.165) is 10.9 Å². The van der Waals surface area contributed by atoms with E-state index in [1.807, 2.05) is 31.2 Å². The van der Waals surface area contributed by atoms with Gasteiger partial charge in [-0.3, -0.25) is 9.78 Å². The highest BCUT2D eigenvalue weighted by molar-refractivity contribution is 8.01. The zero-order valence-corrected chi connectivity index (χ0v) is 21.8. The molecule has 10 heteroatoms. The van der Waals surface area contributed by atoms with Crippen molar-refractivity contribution in [1.29, 1.82) is 0 Å². The molecule has 35 heavy (non-hydrogen) atoms. The topological polar surface area (TPSA) is 89.0 Å². The van der Waals surface area contributed by atoms with E-state index < -0.39 is 10.0 Å². The predicted molar refractivity (Wildman–Crippen MR) is 137 cm³/mol. The van der Waals surface area contributed by atoms with Crippen molar-refractivity contribution in [3.63, 3.8) is 0 Å². The first-order valence-corrected chi connectivity index (χ1v) is 13.7. The number of hydrogen-bond donors (Lipinski definition) is 0. The van der Waals surface area contributed by atoms with Crippen LogP contribution in [0, 0.1) is 0 Å². The van der Waals surface area contributed by atoms with Crippen molar-refractivity contribution in [1.82, 2.24) is 14.2 Å². The Hall–Kier alpha value is -2.82. The van der Waals surface area contributed by atoms with Crippen LogP contribution in [-0.2, 0) is 14.8 Å². The molecule has 2 heterocycles. The number of carbonyl (C=O) groups is 1. The number of pyridine rings is 1. The second kappa shape index (κ2) is 10.4. The van der Waals surface area contributed by atoms with Gasteiger partial charge >= 0.3 is 0 Å². The zero-order valence-electron chi connectivity index (χ0n) is 20.2. The summed E-state index contributed by atoms with van der Waals surface area (Å²) in [6.45, 7) is 4.32. The minimum Gasteiger partial charge on any atom is -0.497 e. The van der Waals surface area contributed by atoms with Gasteiger partial charge in [0.05, 0.1) is 25.0 Å². The first-order valence-electron chi connectivity index (χ1n) is 11.3. The van der Waals surface area contributed by atoms with Gasteiger partial charge in [0.1, 0.15) is 21.8 Å². The summed E-state index contributed by atoms with van der Waals surface area (Å²) >= 11 is 1.51. The number of nitrogens with zero attached hydrogens (tertiary/aromatic N) is 3. The molecule has 1 saturated heterocycles. The molecule has 186 valence electrons. The SMILES string of the molecule is CCN(CCN1C(=O)C(C)SC1c1cc(OC)ccc1OC)S(=O)(=O)c1cccc2cccnc12. The molecular formula is C25H29N3O5S2. The van der Waals surface area contributed by atoms with E-state index in [-0.39, 0.29) is 41.1 Å². The number of aromatic nitrogens is 1. The van der Waals surface area contributed by atoms with E-state index in [1.165, 1.54) is 16.1 Å². The molecule has 0 saturated carbocycles. The number of methoxy groups -OCH3 is 2. The Morgan fingerprint density at radius 3 is 2.60 bits per heavy atom. The van der Waals surface area contributed by atoms with Crippen LogP contribution in [0.5, 0.6) is 11.5 Å². The highest BCUT2D eigenvalue weighted by Crippen LogP contribution is 2.46. The van der Waals surface area contributed by atoms with Crippen LogP contribution in [-0.4, -0.2) is 67.6 Å². The van der Waals surface area contributed by atoms with Crippen LogP contribution in [0.4, 0.5) is 0 Å². The van der Waals surface area contributed by atoms with Gasteiger partial charge in [0.25, 0.3) is 0 Å². The van der Waals surface area contributed by atoms with Gasteiger partial charge in [0.2, 0.25) is 15.9 Å². The smallest absolute Gasteiger partial charge is 0.245 e. The van der Waals surface area contributed by atoms with E-state index in [2.05, 4.69) is 4.98 Å². The average molecular weight is 516 g/mol. The standard InChI is InChI=1S/C25H29N3O5S2/c1-5-27(35(30,31)22-10-6-8-18-9-7-13-26-23(18)22)14-15-28-24(29)17(2)34-25(28)20-16-19(32-3)11-12-21(20)33-4/h6-13,16-17,25H,5,14-15H2,1-4H3. The van der Waals surface area contributed by atoms with Gasteiger partial charge in [-0.2, -0.15) is 4.31 Å². The number of hydrogen-bond acceptors (Lipinski definition) is 7. The van der Waals surface area contributed by atoms with E-state index in [0.29, 0.717) is 17.0 Å².